The zero-order valence-electron chi connectivity index (χ0n) is 21.3. The first-order chi connectivity index (χ1) is 18.3. The third-order valence-corrected chi connectivity index (χ3v) is 8.52. The van der Waals surface area contributed by atoms with Crippen molar-refractivity contribution in [3.8, 4) is 11.1 Å². The Morgan fingerprint density at radius 1 is 0.737 bits per heavy atom. The standard InChI is InChI=1S/C32H28N2O3S/c1-23-11-8-19-30(24(23)2)34(38(36,37)31-20-10-15-26-14-6-7-18-29(26)31)22-32(35)33-28-17-9-16-27(21-28)25-12-4-3-5-13-25/h3-21H,22H2,1-2H3,(H,33,35). The molecule has 0 atom stereocenters. The number of nitrogens with one attached hydrogen (secondary N) is 1. The van der Waals surface area contributed by atoms with Gasteiger partial charge in [0.15, 0.2) is 0 Å². The summed E-state index contributed by atoms with van der Waals surface area (Å²) in [7, 11) is -4.09. The zero-order valence-corrected chi connectivity index (χ0v) is 22.1. The molecule has 5 rings (SSSR count). The van der Waals surface area contributed by atoms with E-state index in [-0.39, 0.29) is 11.4 Å². The van der Waals surface area contributed by atoms with Crippen molar-refractivity contribution >= 4 is 38.1 Å². The van der Waals surface area contributed by atoms with Crippen molar-refractivity contribution < 1.29 is 13.2 Å². The Kier molecular flexibility index (Phi) is 6.99. The van der Waals surface area contributed by atoms with Gasteiger partial charge < -0.3 is 5.32 Å². The number of rotatable bonds is 7. The van der Waals surface area contributed by atoms with Gasteiger partial charge in [-0.25, -0.2) is 8.42 Å². The van der Waals surface area contributed by atoms with E-state index < -0.39 is 15.9 Å². The van der Waals surface area contributed by atoms with Crippen molar-refractivity contribution in [2.45, 2.75) is 18.7 Å². The van der Waals surface area contributed by atoms with Gasteiger partial charge in [0.1, 0.15) is 6.54 Å². The molecular weight excluding hydrogens is 492 g/mol. The van der Waals surface area contributed by atoms with Crippen molar-refractivity contribution in [3.63, 3.8) is 0 Å². The maximum absolute atomic E-state index is 14.2. The van der Waals surface area contributed by atoms with Gasteiger partial charge >= 0.3 is 0 Å². The van der Waals surface area contributed by atoms with E-state index >= 15 is 0 Å². The summed E-state index contributed by atoms with van der Waals surface area (Å²) in [4.78, 5) is 13.5. The summed E-state index contributed by atoms with van der Waals surface area (Å²) in [6, 6.07) is 35.4. The van der Waals surface area contributed by atoms with Gasteiger partial charge in [0, 0.05) is 11.1 Å². The van der Waals surface area contributed by atoms with Gasteiger partial charge in [0.05, 0.1) is 10.6 Å². The van der Waals surface area contributed by atoms with Gasteiger partial charge in [-0.2, -0.15) is 0 Å². The highest BCUT2D eigenvalue weighted by molar-refractivity contribution is 7.93. The summed E-state index contributed by atoms with van der Waals surface area (Å²) in [5, 5.41) is 4.33. The molecule has 0 aliphatic carbocycles. The fourth-order valence-electron chi connectivity index (χ4n) is 4.58. The number of nitrogens with zero attached hydrogens (tertiary/aromatic N) is 1. The Balaban J connectivity index is 1.52. The number of fused-ring (bicyclic) bond motifs is 1. The van der Waals surface area contributed by atoms with Gasteiger partial charge in [-0.05, 0) is 65.8 Å². The molecule has 0 fully saturated rings. The van der Waals surface area contributed by atoms with E-state index in [1.807, 2.05) is 98.8 Å². The van der Waals surface area contributed by atoms with Crippen molar-refractivity contribution in [2.75, 3.05) is 16.2 Å². The summed E-state index contributed by atoms with van der Waals surface area (Å²) in [6.45, 7) is 3.43. The van der Waals surface area contributed by atoms with E-state index in [4.69, 9.17) is 0 Å². The number of sulfonamides is 1. The Morgan fingerprint density at radius 2 is 1.39 bits per heavy atom. The second-order valence-corrected chi connectivity index (χ2v) is 11.0. The monoisotopic (exact) mass is 520 g/mol. The van der Waals surface area contributed by atoms with Crippen LogP contribution in [0.25, 0.3) is 21.9 Å². The average Bonchev–Trinajstić information content (AvgIpc) is 2.93. The smallest absolute Gasteiger partial charge is 0.265 e. The Morgan fingerprint density at radius 3 is 2.21 bits per heavy atom. The fourth-order valence-corrected chi connectivity index (χ4v) is 6.28. The van der Waals surface area contributed by atoms with Gasteiger partial charge in [-0.15, -0.1) is 0 Å². The number of amides is 1. The molecule has 0 unspecified atom stereocenters. The lowest BCUT2D eigenvalue weighted by atomic mass is 10.1. The third-order valence-electron chi connectivity index (χ3n) is 6.70. The first-order valence-electron chi connectivity index (χ1n) is 12.4. The van der Waals surface area contributed by atoms with E-state index in [2.05, 4.69) is 5.32 Å². The van der Waals surface area contributed by atoms with E-state index in [0.717, 1.165) is 27.6 Å². The van der Waals surface area contributed by atoms with Crippen molar-refractivity contribution in [1.82, 2.24) is 0 Å². The average molecular weight is 521 g/mol. The molecule has 38 heavy (non-hydrogen) atoms. The van der Waals surface area contributed by atoms with Gasteiger partial charge in [0.25, 0.3) is 10.0 Å². The summed E-state index contributed by atoms with van der Waals surface area (Å²) >= 11 is 0. The topological polar surface area (TPSA) is 66.5 Å². The minimum atomic E-state index is -4.09. The van der Waals surface area contributed by atoms with Crippen LogP contribution in [-0.2, 0) is 14.8 Å². The zero-order chi connectivity index (χ0) is 26.7. The first kappa shape index (κ1) is 25.2. The first-order valence-corrected chi connectivity index (χ1v) is 13.8. The quantitative estimate of drug-likeness (QED) is 0.252. The molecule has 5 aromatic carbocycles. The van der Waals surface area contributed by atoms with E-state index in [1.54, 1.807) is 30.3 Å². The predicted octanol–water partition coefficient (Wildman–Crippen LogP) is 6.96. The fraction of sp³-hybridized carbons (Fsp3) is 0.0938. The van der Waals surface area contributed by atoms with Crippen LogP contribution in [-0.4, -0.2) is 20.9 Å². The summed E-state index contributed by atoms with van der Waals surface area (Å²) in [5.41, 5.74) is 4.80. The van der Waals surface area contributed by atoms with Crippen LogP contribution in [0.3, 0.4) is 0 Å². The highest BCUT2D eigenvalue weighted by Crippen LogP contribution is 2.32. The highest BCUT2D eigenvalue weighted by Gasteiger charge is 2.30. The molecule has 190 valence electrons. The Labute approximate surface area is 223 Å². The second-order valence-electron chi connectivity index (χ2n) is 9.20. The Hall–Kier alpha value is -4.42. The molecule has 5 nitrogen and oxygen atoms in total. The molecular formula is C32H28N2O3S. The predicted molar refractivity (Wildman–Crippen MR) is 155 cm³/mol. The number of carbonyl (C=O) groups excluding carboxylic acids is 1. The van der Waals surface area contributed by atoms with Crippen LogP contribution in [0.1, 0.15) is 11.1 Å². The number of aryl methyl sites for hydroxylation is 1. The molecule has 0 aliphatic heterocycles. The number of anilines is 2. The number of carbonyl (C=O) groups is 1. The molecule has 0 aromatic heterocycles. The minimum Gasteiger partial charge on any atom is -0.324 e. The van der Waals surface area contributed by atoms with Gasteiger partial charge in [0.2, 0.25) is 5.91 Å². The maximum Gasteiger partial charge on any atom is 0.265 e. The number of hydrogen-bond donors (Lipinski definition) is 1. The van der Waals surface area contributed by atoms with Crippen LogP contribution in [0.2, 0.25) is 0 Å². The number of benzene rings is 5. The van der Waals surface area contributed by atoms with E-state index in [1.165, 1.54) is 4.31 Å². The van der Waals surface area contributed by atoms with Crippen LogP contribution in [0.5, 0.6) is 0 Å². The normalized spacial score (nSPS) is 11.3. The molecule has 0 saturated heterocycles. The molecule has 6 heteroatoms. The number of hydrogen-bond acceptors (Lipinski definition) is 3. The van der Waals surface area contributed by atoms with Gasteiger partial charge in [-0.3, -0.25) is 9.10 Å². The molecule has 1 amide bonds. The lowest BCUT2D eigenvalue weighted by Gasteiger charge is -2.27. The SMILES string of the molecule is Cc1cccc(N(CC(=O)Nc2cccc(-c3ccccc3)c2)S(=O)(=O)c2cccc3ccccc23)c1C. The van der Waals surface area contributed by atoms with Crippen molar-refractivity contribution in [2.24, 2.45) is 0 Å². The van der Waals surface area contributed by atoms with Crippen molar-refractivity contribution in [1.29, 1.82) is 0 Å². The molecule has 0 bridgehead atoms. The van der Waals surface area contributed by atoms with Crippen LogP contribution in [0.15, 0.2) is 120 Å². The van der Waals surface area contributed by atoms with Crippen molar-refractivity contribution in [3.05, 3.63) is 126 Å². The lowest BCUT2D eigenvalue weighted by Crippen LogP contribution is -2.38. The van der Waals surface area contributed by atoms with Gasteiger partial charge in [-0.1, -0.05) is 91.0 Å². The maximum atomic E-state index is 14.2. The molecule has 1 N–H and O–H groups in total. The van der Waals surface area contributed by atoms with Crippen LogP contribution in [0.4, 0.5) is 11.4 Å². The molecule has 0 saturated carbocycles. The summed E-state index contributed by atoms with van der Waals surface area (Å²) in [6.07, 6.45) is 0. The van der Waals surface area contributed by atoms with Crippen LogP contribution in [0, 0.1) is 13.8 Å². The van der Waals surface area contributed by atoms with Crippen LogP contribution < -0.4 is 9.62 Å². The van der Waals surface area contributed by atoms with Crippen LogP contribution >= 0.6 is 0 Å². The molecule has 0 radical (unpaired) electrons. The largest absolute Gasteiger partial charge is 0.324 e. The second kappa shape index (κ2) is 10.5. The molecule has 0 aliphatic rings. The van der Waals surface area contributed by atoms with E-state index in [9.17, 15) is 13.2 Å². The van der Waals surface area contributed by atoms with E-state index in [0.29, 0.717) is 16.8 Å². The summed E-state index contributed by atoms with van der Waals surface area (Å²) in [5.74, 6) is -0.431. The minimum absolute atomic E-state index is 0.162. The lowest BCUT2D eigenvalue weighted by molar-refractivity contribution is -0.114. The Bertz CT molecular complexity index is 1730. The molecule has 0 heterocycles. The molecule has 5 aromatic rings. The highest BCUT2D eigenvalue weighted by atomic mass is 32.2. The third kappa shape index (κ3) is 5.04. The molecule has 0 spiro atoms. The summed E-state index contributed by atoms with van der Waals surface area (Å²) < 4.78 is 29.6.